The van der Waals surface area contributed by atoms with Crippen LogP contribution in [0.3, 0.4) is 0 Å². The fourth-order valence-corrected chi connectivity index (χ4v) is 7.23. The van der Waals surface area contributed by atoms with Crippen LogP contribution in [0, 0.1) is 0 Å². The Morgan fingerprint density at radius 3 is 2.43 bits per heavy atom. The predicted octanol–water partition coefficient (Wildman–Crippen LogP) is 2.28. The van der Waals surface area contributed by atoms with E-state index in [1.807, 2.05) is 13.0 Å². The molecule has 2 saturated heterocycles. The SMILES string of the molecule is CCc1c2c(nc3ccc(OC(=O)N4CCC(N5CCCCC5)CC4)cc13)-c1cc(C(O)(CC)C(=O)[O-])c(CO)c(=O)n1C2. The number of carbonyl (C=O) groups excluding carboxylic acids is 2. The first kappa shape index (κ1) is 30.2. The van der Waals surface area contributed by atoms with Crippen molar-refractivity contribution in [3.05, 3.63) is 56.9 Å². The third kappa shape index (κ3) is 5.06. The maximum Gasteiger partial charge on any atom is 0.415 e. The number of benzene rings is 1. The van der Waals surface area contributed by atoms with Crippen molar-refractivity contribution in [3.63, 3.8) is 0 Å². The molecule has 0 radical (unpaired) electrons. The molecule has 1 amide bonds. The fraction of sp³-hybridized carbons (Fsp3) is 0.515. The van der Waals surface area contributed by atoms with Gasteiger partial charge < -0.3 is 39.2 Å². The lowest BCUT2D eigenvalue weighted by Gasteiger charge is -2.39. The molecule has 11 nitrogen and oxygen atoms in total. The first-order chi connectivity index (χ1) is 21.2. The lowest BCUT2D eigenvalue weighted by Crippen LogP contribution is -2.48. The average Bonchev–Trinajstić information content (AvgIpc) is 3.42. The maximum absolute atomic E-state index is 13.5. The van der Waals surface area contributed by atoms with E-state index in [2.05, 4.69) is 4.90 Å². The number of amides is 1. The molecular weight excluding hydrogens is 564 g/mol. The summed E-state index contributed by atoms with van der Waals surface area (Å²) in [6, 6.07) is 7.24. The highest BCUT2D eigenvalue weighted by molar-refractivity contribution is 5.90. The predicted molar refractivity (Wildman–Crippen MR) is 161 cm³/mol. The highest BCUT2D eigenvalue weighted by atomic mass is 16.6. The van der Waals surface area contributed by atoms with Crippen molar-refractivity contribution in [3.8, 4) is 17.1 Å². The van der Waals surface area contributed by atoms with Gasteiger partial charge in [0.1, 0.15) is 11.4 Å². The number of hydrogen-bond acceptors (Lipinski definition) is 9. The van der Waals surface area contributed by atoms with E-state index in [0.717, 1.165) is 42.4 Å². The van der Waals surface area contributed by atoms with Crippen LogP contribution >= 0.6 is 0 Å². The van der Waals surface area contributed by atoms with Crippen LogP contribution in [0.4, 0.5) is 4.79 Å². The molecule has 2 fully saturated rings. The van der Waals surface area contributed by atoms with Gasteiger partial charge in [-0.2, -0.15) is 0 Å². The fourth-order valence-electron chi connectivity index (χ4n) is 7.23. The number of nitrogens with zero attached hydrogens (tertiary/aromatic N) is 4. The Hall–Kier alpha value is -3.80. The minimum atomic E-state index is -2.44. The number of carboxylic acid groups (broad SMARTS) is 1. The second-order valence-corrected chi connectivity index (χ2v) is 12.1. The molecule has 6 rings (SSSR count). The van der Waals surface area contributed by atoms with Gasteiger partial charge in [-0.1, -0.05) is 20.3 Å². The van der Waals surface area contributed by atoms with Gasteiger partial charge in [-0.25, -0.2) is 9.78 Å². The van der Waals surface area contributed by atoms with Gasteiger partial charge in [-0.05, 0) is 81.4 Å². The van der Waals surface area contributed by atoms with E-state index < -0.39 is 23.7 Å². The number of rotatable bonds is 7. The Kier molecular flexibility index (Phi) is 8.21. The summed E-state index contributed by atoms with van der Waals surface area (Å²) in [5, 5.41) is 33.7. The Balaban J connectivity index is 1.29. The van der Waals surface area contributed by atoms with Crippen molar-refractivity contribution in [2.24, 2.45) is 0 Å². The van der Waals surface area contributed by atoms with Gasteiger partial charge in [0.15, 0.2) is 0 Å². The number of likely N-dealkylation sites (tertiary alicyclic amines) is 2. The van der Waals surface area contributed by atoms with Gasteiger partial charge in [0.25, 0.3) is 5.56 Å². The van der Waals surface area contributed by atoms with Crippen LogP contribution in [-0.4, -0.2) is 73.8 Å². The van der Waals surface area contributed by atoms with Crippen LogP contribution in [0.25, 0.3) is 22.3 Å². The van der Waals surface area contributed by atoms with Crippen LogP contribution in [0.15, 0.2) is 29.1 Å². The van der Waals surface area contributed by atoms with Gasteiger partial charge in [0, 0.05) is 41.2 Å². The van der Waals surface area contributed by atoms with Crippen molar-refractivity contribution >= 4 is 23.0 Å². The number of fused-ring (bicyclic) bond motifs is 4. The van der Waals surface area contributed by atoms with E-state index in [0.29, 0.717) is 48.2 Å². The lowest BCUT2D eigenvalue weighted by atomic mass is 9.87. The Morgan fingerprint density at radius 2 is 1.80 bits per heavy atom. The summed E-state index contributed by atoms with van der Waals surface area (Å²) in [7, 11) is 0. The van der Waals surface area contributed by atoms with Crippen molar-refractivity contribution in [1.29, 1.82) is 0 Å². The summed E-state index contributed by atoms with van der Waals surface area (Å²) in [5.74, 6) is -1.33. The molecule has 0 aliphatic carbocycles. The number of pyridine rings is 2. The molecule has 11 heteroatoms. The third-order valence-corrected chi connectivity index (χ3v) is 9.78. The Bertz CT molecular complexity index is 1670. The van der Waals surface area contributed by atoms with Gasteiger partial charge in [0.05, 0.1) is 36.0 Å². The number of carbonyl (C=O) groups is 2. The van der Waals surface area contributed by atoms with Crippen LogP contribution in [0.2, 0.25) is 0 Å². The molecule has 1 atom stereocenters. The molecule has 3 aromatic rings. The number of carboxylic acids is 1. The number of ether oxygens (including phenoxy) is 1. The number of hydrogen-bond donors (Lipinski definition) is 2. The van der Waals surface area contributed by atoms with E-state index in [1.165, 1.54) is 36.8 Å². The van der Waals surface area contributed by atoms with Gasteiger partial charge in [0.2, 0.25) is 0 Å². The molecule has 5 heterocycles. The monoisotopic (exact) mass is 603 g/mol. The minimum Gasteiger partial charge on any atom is -0.547 e. The summed E-state index contributed by atoms with van der Waals surface area (Å²) in [5.41, 5.74) is -0.193. The smallest absolute Gasteiger partial charge is 0.415 e. The number of piperidine rings is 2. The number of aliphatic hydroxyl groups excluding tert-OH is 1. The van der Waals surface area contributed by atoms with E-state index in [4.69, 9.17) is 9.72 Å². The van der Waals surface area contributed by atoms with E-state index >= 15 is 0 Å². The highest BCUT2D eigenvalue weighted by Gasteiger charge is 2.36. The zero-order valence-corrected chi connectivity index (χ0v) is 25.3. The van der Waals surface area contributed by atoms with Crippen LogP contribution in [0.1, 0.15) is 74.6 Å². The summed E-state index contributed by atoms with van der Waals surface area (Å²) in [6.07, 6.45) is 5.68. The molecule has 44 heavy (non-hydrogen) atoms. The standard InChI is InChI=1S/C33H40N4O7/c1-3-22-23-16-21(44-32(42)36-14-10-20(11-15-36)35-12-6-5-7-13-35)8-9-27(23)34-29-24(22)18-37-28(29)17-26(25(19-38)30(37)39)33(43,4-2)31(40)41/h8-9,16-17,20,38,43H,3-7,10-15,18-19H2,1-2H3,(H,40,41)/p-1. The van der Waals surface area contributed by atoms with Crippen molar-refractivity contribution in [1.82, 2.24) is 19.4 Å². The van der Waals surface area contributed by atoms with E-state index in [-0.39, 0.29) is 30.2 Å². The summed E-state index contributed by atoms with van der Waals surface area (Å²) in [4.78, 5) is 47.7. The average molecular weight is 604 g/mol. The van der Waals surface area contributed by atoms with E-state index in [1.54, 1.807) is 17.0 Å². The number of aromatic nitrogens is 2. The largest absolute Gasteiger partial charge is 0.547 e. The molecular formula is C33H39N4O7-. The molecule has 2 N–H and O–H groups in total. The normalized spacial score (nSPS) is 18.6. The molecule has 1 unspecified atom stereocenters. The molecule has 3 aliphatic heterocycles. The lowest BCUT2D eigenvalue weighted by molar-refractivity contribution is -0.326. The quantitative estimate of drug-likeness (QED) is 0.325. The minimum absolute atomic E-state index is 0.175. The highest BCUT2D eigenvalue weighted by Crippen LogP contribution is 2.39. The Morgan fingerprint density at radius 1 is 1.07 bits per heavy atom. The maximum atomic E-state index is 13.5. The molecule has 234 valence electrons. The third-order valence-electron chi connectivity index (χ3n) is 9.78. The summed E-state index contributed by atoms with van der Waals surface area (Å²) >= 11 is 0. The molecule has 0 bridgehead atoms. The molecule has 0 spiro atoms. The molecule has 3 aliphatic rings. The second-order valence-electron chi connectivity index (χ2n) is 12.1. The topological polar surface area (TPSA) is 148 Å². The molecule has 0 saturated carbocycles. The number of aliphatic carboxylic acids is 1. The van der Waals surface area contributed by atoms with Crippen LogP contribution < -0.4 is 15.4 Å². The second kappa shape index (κ2) is 11.9. The summed E-state index contributed by atoms with van der Waals surface area (Å²) < 4.78 is 7.28. The van der Waals surface area contributed by atoms with Gasteiger partial charge in [-0.3, -0.25) is 4.79 Å². The van der Waals surface area contributed by atoms with Gasteiger partial charge in [-0.15, -0.1) is 0 Å². The number of aryl methyl sites for hydroxylation is 1. The Labute approximate surface area is 255 Å². The zero-order valence-electron chi connectivity index (χ0n) is 25.3. The molecule has 1 aromatic carbocycles. The van der Waals surface area contributed by atoms with Crippen molar-refractivity contribution in [2.75, 3.05) is 26.2 Å². The summed E-state index contributed by atoms with van der Waals surface area (Å²) in [6.45, 7) is 6.52. The van der Waals surface area contributed by atoms with Gasteiger partial charge >= 0.3 is 6.09 Å². The first-order valence-corrected chi connectivity index (χ1v) is 15.7. The van der Waals surface area contributed by atoms with E-state index in [9.17, 15) is 29.7 Å². The van der Waals surface area contributed by atoms with Crippen LogP contribution in [-0.2, 0) is 30.0 Å². The first-order valence-electron chi connectivity index (χ1n) is 15.7. The van der Waals surface area contributed by atoms with Crippen LogP contribution in [0.5, 0.6) is 5.75 Å². The number of aliphatic hydroxyl groups is 2. The van der Waals surface area contributed by atoms with Crippen molar-refractivity contribution < 1.29 is 29.6 Å². The van der Waals surface area contributed by atoms with Crippen molar-refractivity contribution in [2.45, 2.75) is 83.6 Å². The molecule has 2 aromatic heterocycles. The zero-order chi connectivity index (χ0) is 31.2.